The van der Waals surface area contributed by atoms with Crippen molar-refractivity contribution in [1.29, 1.82) is 0 Å². The number of hydrogen-bond acceptors (Lipinski definition) is 4. The van der Waals surface area contributed by atoms with Gasteiger partial charge >= 0.3 is 0 Å². The van der Waals surface area contributed by atoms with E-state index in [-0.39, 0.29) is 5.56 Å². The fourth-order valence-electron chi connectivity index (χ4n) is 2.90. The Bertz CT molecular complexity index is 1140. The zero-order valence-electron chi connectivity index (χ0n) is 13.5. The lowest BCUT2D eigenvalue weighted by atomic mass is 10.2. The SMILES string of the molecule is CCn1c(=O)c2ccccc2n2c(CSc3cccc(Br)c3)nnc12. The van der Waals surface area contributed by atoms with Crippen molar-refractivity contribution >= 4 is 44.4 Å². The molecular formula is C18H15BrN4OS. The smallest absolute Gasteiger partial charge is 0.262 e. The highest BCUT2D eigenvalue weighted by Crippen LogP contribution is 2.26. The van der Waals surface area contributed by atoms with E-state index >= 15 is 0 Å². The average Bonchev–Trinajstić information content (AvgIpc) is 3.04. The molecule has 7 heteroatoms. The highest BCUT2D eigenvalue weighted by Gasteiger charge is 2.15. The van der Waals surface area contributed by atoms with Gasteiger partial charge in [-0.2, -0.15) is 0 Å². The molecule has 0 N–H and O–H groups in total. The number of thioether (sulfide) groups is 1. The van der Waals surface area contributed by atoms with E-state index in [1.54, 1.807) is 16.3 Å². The van der Waals surface area contributed by atoms with Crippen molar-refractivity contribution in [3.05, 3.63) is 69.2 Å². The second-order valence-corrected chi connectivity index (χ2v) is 7.53. The van der Waals surface area contributed by atoms with E-state index in [4.69, 9.17) is 0 Å². The highest BCUT2D eigenvalue weighted by atomic mass is 79.9. The molecule has 0 fully saturated rings. The van der Waals surface area contributed by atoms with Gasteiger partial charge in [-0.25, -0.2) is 0 Å². The van der Waals surface area contributed by atoms with Gasteiger partial charge in [0.15, 0.2) is 0 Å². The first-order valence-corrected chi connectivity index (χ1v) is 9.71. The van der Waals surface area contributed by atoms with Crippen LogP contribution in [0.3, 0.4) is 0 Å². The largest absolute Gasteiger partial charge is 0.277 e. The van der Waals surface area contributed by atoms with Crippen LogP contribution in [0.1, 0.15) is 12.7 Å². The van der Waals surface area contributed by atoms with Crippen molar-refractivity contribution in [3.63, 3.8) is 0 Å². The van der Waals surface area contributed by atoms with Gasteiger partial charge in [-0.1, -0.05) is 34.1 Å². The first-order valence-electron chi connectivity index (χ1n) is 7.93. The lowest BCUT2D eigenvalue weighted by Crippen LogP contribution is -2.22. The van der Waals surface area contributed by atoms with Crippen LogP contribution in [0, 0.1) is 0 Å². The zero-order valence-corrected chi connectivity index (χ0v) is 15.9. The van der Waals surface area contributed by atoms with Crippen LogP contribution in [0.15, 0.2) is 62.7 Å². The molecule has 0 saturated heterocycles. The van der Waals surface area contributed by atoms with Gasteiger partial charge in [0.1, 0.15) is 5.82 Å². The molecule has 25 heavy (non-hydrogen) atoms. The van der Waals surface area contributed by atoms with Gasteiger partial charge < -0.3 is 0 Å². The molecule has 0 aliphatic carbocycles. The number of para-hydroxylation sites is 1. The van der Waals surface area contributed by atoms with Crippen molar-refractivity contribution in [1.82, 2.24) is 19.2 Å². The first kappa shape index (κ1) is 16.4. The third kappa shape index (κ3) is 2.87. The molecule has 2 aromatic carbocycles. The van der Waals surface area contributed by atoms with E-state index in [1.165, 1.54) is 0 Å². The molecule has 0 spiro atoms. The van der Waals surface area contributed by atoms with E-state index in [2.05, 4.69) is 38.3 Å². The Morgan fingerprint density at radius 3 is 2.76 bits per heavy atom. The molecule has 0 aliphatic heterocycles. The highest BCUT2D eigenvalue weighted by molar-refractivity contribution is 9.10. The third-order valence-corrected chi connectivity index (χ3v) is 5.54. The van der Waals surface area contributed by atoms with E-state index in [1.807, 2.05) is 47.7 Å². The van der Waals surface area contributed by atoms with Crippen molar-refractivity contribution in [3.8, 4) is 0 Å². The summed E-state index contributed by atoms with van der Waals surface area (Å²) in [6.07, 6.45) is 0. The van der Waals surface area contributed by atoms with E-state index in [0.717, 1.165) is 20.7 Å². The Kier molecular flexibility index (Phi) is 4.35. The van der Waals surface area contributed by atoms with Crippen molar-refractivity contribution in [2.24, 2.45) is 0 Å². The Morgan fingerprint density at radius 1 is 1.12 bits per heavy atom. The lowest BCUT2D eigenvalue weighted by Gasteiger charge is -2.09. The molecule has 0 saturated carbocycles. The van der Waals surface area contributed by atoms with Crippen LogP contribution in [0.4, 0.5) is 0 Å². The maximum absolute atomic E-state index is 12.7. The Labute approximate surface area is 156 Å². The number of halogens is 1. The van der Waals surface area contributed by atoms with Crippen molar-refractivity contribution < 1.29 is 0 Å². The van der Waals surface area contributed by atoms with E-state index in [0.29, 0.717) is 23.5 Å². The summed E-state index contributed by atoms with van der Waals surface area (Å²) in [6.45, 7) is 2.50. The van der Waals surface area contributed by atoms with Gasteiger partial charge in [0.2, 0.25) is 5.78 Å². The fourth-order valence-corrected chi connectivity index (χ4v) is 4.32. The second kappa shape index (κ2) is 6.65. The summed E-state index contributed by atoms with van der Waals surface area (Å²) in [6, 6.07) is 15.8. The van der Waals surface area contributed by atoms with Crippen LogP contribution in [0.25, 0.3) is 16.7 Å². The number of rotatable bonds is 4. The van der Waals surface area contributed by atoms with Gasteiger partial charge in [0, 0.05) is 15.9 Å². The van der Waals surface area contributed by atoms with Gasteiger partial charge in [0.05, 0.1) is 16.7 Å². The number of aromatic nitrogens is 4. The summed E-state index contributed by atoms with van der Waals surface area (Å²) in [7, 11) is 0. The summed E-state index contributed by atoms with van der Waals surface area (Å²) < 4.78 is 4.71. The monoisotopic (exact) mass is 414 g/mol. The molecule has 0 aliphatic rings. The number of fused-ring (bicyclic) bond motifs is 3. The molecular weight excluding hydrogens is 400 g/mol. The molecule has 0 amide bonds. The summed E-state index contributed by atoms with van der Waals surface area (Å²) in [5.74, 6) is 2.10. The molecule has 5 nitrogen and oxygen atoms in total. The van der Waals surface area contributed by atoms with Gasteiger partial charge in [-0.3, -0.25) is 13.8 Å². The van der Waals surface area contributed by atoms with Crippen LogP contribution in [-0.2, 0) is 12.3 Å². The third-order valence-electron chi connectivity index (χ3n) is 4.06. The Morgan fingerprint density at radius 2 is 1.96 bits per heavy atom. The van der Waals surface area contributed by atoms with Crippen LogP contribution >= 0.6 is 27.7 Å². The summed E-state index contributed by atoms with van der Waals surface area (Å²) >= 11 is 5.19. The standard InChI is InChI=1S/C18H15BrN4OS/c1-2-22-17(24)14-8-3-4-9-15(14)23-16(20-21-18(22)23)11-25-13-7-5-6-12(19)10-13/h3-10H,2,11H2,1H3. The number of aryl methyl sites for hydroxylation is 1. The molecule has 4 aromatic rings. The van der Waals surface area contributed by atoms with Gasteiger partial charge in [0.25, 0.3) is 5.56 Å². The second-order valence-electron chi connectivity index (χ2n) is 5.56. The predicted octanol–water partition coefficient (Wildman–Crippen LogP) is 4.12. The van der Waals surface area contributed by atoms with Crippen LogP contribution in [-0.4, -0.2) is 19.2 Å². The van der Waals surface area contributed by atoms with Crippen LogP contribution < -0.4 is 5.56 Å². The molecule has 0 atom stereocenters. The van der Waals surface area contributed by atoms with Crippen molar-refractivity contribution in [2.45, 2.75) is 24.1 Å². The molecule has 4 rings (SSSR count). The predicted molar refractivity (Wildman–Crippen MR) is 104 cm³/mol. The molecule has 0 radical (unpaired) electrons. The molecule has 0 bridgehead atoms. The summed E-state index contributed by atoms with van der Waals surface area (Å²) in [4.78, 5) is 13.8. The first-order chi connectivity index (χ1) is 12.2. The van der Waals surface area contributed by atoms with Crippen molar-refractivity contribution in [2.75, 3.05) is 0 Å². The lowest BCUT2D eigenvalue weighted by molar-refractivity contribution is 0.735. The average molecular weight is 415 g/mol. The van der Waals surface area contributed by atoms with E-state index < -0.39 is 0 Å². The molecule has 0 unspecified atom stereocenters. The quantitative estimate of drug-likeness (QED) is 0.471. The molecule has 2 heterocycles. The fraction of sp³-hybridized carbons (Fsp3) is 0.167. The van der Waals surface area contributed by atoms with Crippen LogP contribution in [0.5, 0.6) is 0 Å². The maximum atomic E-state index is 12.7. The van der Waals surface area contributed by atoms with Crippen LogP contribution in [0.2, 0.25) is 0 Å². The Hall–Kier alpha value is -2.12. The summed E-state index contributed by atoms with van der Waals surface area (Å²) in [5, 5.41) is 9.32. The Balaban J connectivity index is 1.85. The number of nitrogens with zero attached hydrogens (tertiary/aromatic N) is 4. The number of hydrogen-bond donors (Lipinski definition) is 0. The minimum absolute atomic E-state index is 0.0239. The zero-order chi connectivity index (χ0) is 17.4. The normalized spacial score (nSPS) is 11.4. The molecule has 126 valence electrons. The van der Waals surface area contributed by atoms with Gasteiger partial charge in [-0.05, 0) is 37.3 Å². The number of benzene rings is 2. The van der Waals surface area contributed by atoms with Gasteiger partial charge in [-0.15, -0.1) is 22.0 Å². The molecule has 2 aromatic heterocycles. The van der Waals surface area contributed by atoms with E-state index in [9.17, 15) is 4.79 Å². The minimum Gasteiger partial charge on any atom is -0.277 e. The topological polar surface area (TPSA) is 52.2 Å². The summed E-state index contributed by atoms with van der Waals surface area (Å²) in [5.41, 5.74) is 0.825. The maximum Gasteiger partial charge on any atom is 0.262 e. The minimum atomic E-state index is -0.0239.